The van der Waals surface area contributed by atoms with Gasteiger partial charge >= 0.3 is 0 Å². The van der Waals surface area contributed by atoms with Crippen molar-refractivity contribution in [1.29, 1.82) is 0 Å². The minimum atomic E-state index is 0.630. The summed E-state index contributed by atoms with van der Waals surface area (Å²) >= 11 is 0. The highest BCUT2D eigenvalue weighted by atomic mass is 15.3. The summed E-state index contributed by atoms with van der Waals surface area (Å²) in [5.74, 6) is 2.68. The van der Waals surface area contributed by atoms with Crippen molar-refractivity contribution in [2.45, 2.75) is 26.3 Å². The molecule has 2 saturated heterocycles. The van der Waals surface area contributed by atoms with Gasteiger partial charge in [-0.1, -0.05) is 6.92 Å². The predicted molar refractivity (Wildman–Crippen MR) is 68.0 cm³/mol. The van der Waals surface area contributed by atoms with Crippen LogP contribution in [0.25, 0.3) is 0 Å². The van der Waals surface area contributed by atoms with Gasteiger partial charge in [0.15, 0.2) is 0 Å². The molecule has 3 rings (SSSR count). The van der Waals surface area contributed by atoms with Crippen LogP contribution in [-0.2, 0) is 0 Å². The van der Waals surface area contributed by atoms with E-state index < -0.39 is 0 Å². The Morgan fingerprint density at radius 3 is 2.94 bits per heavy atom. The van der Waals surface area contributed by atoms with Gasteiger partial charge in [-0.3, -0.25) is 4.98 Å². The van der Waals surface area contributed by atoms with Gasteiger partial charge in [0.25, 0.3) is 0 Å². The lowest BCUT2D eigenvalue weighted by Crippen LogP contribution is -2.36. The summed E-state index contributed by atoms with van der Waals surface area (Å²) in [4.78, 5) is 11.4. The van der Waals surface area contributed by atoms with Gasteiger partial charge in [0.05, 0.1) is 5.69 Å². The van der Waals surface area contributed by atoms with Crippen LogP contribution in [0.3, 0.4) is 0 Å². The van der Waals surface area contributed by atoms with Gasteiger partial charge in [-0.25, -0.2) is 4.98 Å². The van der Waals surface area contributed by atoms with E-state index >= 15 is 0 Å². The molecular formula is C13H20N4. The summed E-state index contributed by atoms with van der Waals surface area (Å²) in [6, 6.07) is 0.630. The van der Waals surface area contributed by atoms with Crippen molar-refractivity contribution in [3.63, 3.8) is 0 Å². The molecule has 0 spiro atoms. The highest BCUT2D eigenvalue weighted by molar-refractivity contribution is 5.45. The van der Waals surface area contributed by atoms with Crippen molar-refractivity contribution < 1.29 is 0 Å². The van der Waals surface area contributed by atoms with Crippen molar-refractivity contribution >= 4 is 5.82 Å². The molecule has 3 unspecified atom stereocenters. The molecule has 3 heterocycles. The first-order valence-corrected chi connectivity index (χ1v) is 6.56. The molecule has 4 nitrogen and oxygen atoms in total. The summed E-state index contributed by atoms with van der Waals surface area (Å²) in [6.45, 7) is 7.80. The van der Waals surface area contributed by atoms with E-state index in [1.54, 1.807) is 12.4 Å². The Labute approximate surface area is 102 Å². The lowest BCUT2D eigenvalue weighted by Gasteiger charge is -2.28. The summed E-state index contributed by atoms with van der Waals surface area (Å²) < 4.78 is 0. The predicted octanol–water partition coefficient (Wildman–Crippen LogP) is 1.22. The maximum absolute atomic E-state index is 4.53. The molecule has 4 heteroatoms. The second kappa shape index (κ2) is 4.26. The molecule has 1 aromatic heterocycles. The third-order valence-corrected chi connectivity index (χ3v) is 4.26. The maximum atomic E-state index is 4.53. The molecule has 0 bridgehead atoms. The number of aromatic nitrogens is 2. The largest absolute Gasteiger partial charge is 0.351 e. The van der Waals surface area contributed by atoms with Crippen LogP contribution in [0, 0.1) is 18.8 Å². The molecule has 0 radical (unpaired) electrons. The molecule has 92 valence electrons. The van der Waals surface area contributed by atoms with E-state index in [0.29, 0.717) is 6.04 Å². The standard InChI is InChI=1S/C13H20N4/c1-3-12-11-7-14-6-10(11)8-17(12)13-9(2)15-4-5-16-13/h4-5,10-12,14H,3,6-8H2,1-2H3. The normalized spacial score (nSPS) is 31.9. The fourth-order valence-corrected chi connectivity index (χ4v) is 3.47. The van der Waals surface area contributed by atoms with Gasteiger partial charge in [0, 0.05) is 38.1 Å². The lowest BCUT2D eigenvalue weighted by atomic mass is 9.93. The second-order valence-electron chi connectivity index (χ2n) is 5.18. The number of fused-ring (bicyclic) bond motifs is 1. The van der Waals surface area contributed by atoms with E-state index in [1.165, 1.54) is 13.0 Å². The minimum Gasteiger partial charge on any atom is -0.351 e. The van der Waals surface area contributed by atoms with Crippen LogP contribution in [0.5, 0.6) is 0 Å². The number of anilines is 1. The molecule has 0 saturated carbocycles. The molecule has 0 amide bonds. The van der Waals surface area contributed by atoms with Crippen LogP contribution in [0.15, 0.2) is 12.4 Å². The number of rotatable bonds is 2. The van der Waals surface area contributed by atoms with Crippen LogP contribution in [0.1, 0.15) is 19.0 Å². The van der Waals surface area contributed by atoms with E-state index in [1.807, 2.05) is 0 Å². The highest BCUT2D eigenvalue weighted by Gasteiger charge is 2.43. The van der Waals surface area contributed by atoms with Crippen LogP contribution in [0.4, 0.5) is 5.82 Å². The summed E-state index contributed by atoms with van der Waals surface area (Å²) in [6.07, 6.45) is 4.78. The first-order valence-electron chi connectivity index (χ1n) is 6.56. The zero-order valence-corrected chi connectivity index (χ0v) is 10.6. The highest BCUT2D eigenvalue weighted by Crippen LogP contribution is 2.37. The molecule has 2 fully saturated rings. The molecule has 1 N–H and O–H groups in total. The van der Waals surface area contributed by atoms with E-state index in [-0.39, 0.29) is 0 Å². The van der Waals surface area contributed by atoms with E-state index in [2.05, 4.69) is 34.0 Å². The number of hydrogen-bond acceptors (Lipinski definition) is 4. The topological polar surface area (TPSA) is 41.0 Å². The molecule has 2 aliphatic heterocycles. The summed E-state index contributed by atoms with van der Waals surface area (Å²) in [7, 11) is 0. The second-order valence-corrected chi connectivity index (χ2v) is 5.18. The molecule has 0 aromatic carbocycles. The van der Waals surface area contributed by atoms with E-state index in [0.717, 1.165) is 36.4 Å². The third-order valence-electron chi connectivity index (χ3n) is 4.26. The van der Waals surface area contributed by atoms with Crippen LogP contribution in [0.2, 0.25) is 0 Å². The van der Waals surface area contributed by atoms with Crippen molar-refractivity contribution in [1.82, 2.24) is 15.3 Å². The van der Waals surface area contributed by atoms with E-state index in [9.17, 15) is 0 Å². The Morgan fingerprint density at radius 2 is 2.18 bits per heavy atom. The van der Waals surface area contributed by atoms with Gasteiger partial charge in [-0.05, 0) is 25.2 Å². The summed E-state index contributed by atoms with van der Waals surface area (Å²) in [5.41, 5.74) is 1.05. The average Bonchev–Trinajstić information content (AvgIpc) is 2.89. The molecule has 0 aliphatic carbocycles. The van der Waals surface area contributed by atoms with Crippen molar-refractivity contribution in [3.8, 4) is 0 Å². The Bertz CT molecular complexity index is 406. The van der Waals surface area contributed by atoms with Gasteiger partial charge in [0.2, 0.25) is 0 Å². The minimum absolute atomic E-state index is 0.630. The number of aryl methyl sites for hydroxylation is 1. The Kier molecular flexibility index (Phi) is 2.74. The monoisotopic (exact) mass is 232 g/mol. The van der Waals surface area contributed by atoms with Gasteiger partial charge in [0.1, 0.15) is 5.82 Å². The number of nitrogens with zero attached hydrogens (tertiary/aromatic N) is 3. The van der Waals surface area contributed by atoms with Crippen molar-refractivity contribution in [2.75, 3.05) is 24.5 Å². The zero-order valence-electron chi connectivity index (χ0n) is 10.6. The van der Waals surface area contributed by atoms with Gasteiger partial charge in [-0.2, -0.15) is 0 Å². The summed E-state index contributed by atoms with van der Waals surface area (Å²) in [5, 5.41) is 3.51. The Balaban J connectivity index is 1.91. The molecule has 3 atom stereocenters. The first kappa shape index (κ1) is 11.0. The van der Waals surface area contributed by atoms with Crippen LogP contribution in [-0.4, -0.2) is 35.6 Å². The Hall–Kier alpha value is -1.16. The third kappa shape index (κ3) is 1.71. The fourth-order valence-electron chi connectivity index (χ4n) is 3.47. The molecule has 1 aromatic rings. The molecular weight excluding hydrogens is 212 g/mol. The number of hydrogen-bond donors (Lipinski definition) is 1. The van der Waals surface area contributed by atoms with Crippen molar-refractivity contribution in [3.05, 3.63) is 18.1 Å². The van der Waals surface area contributed by atoms with Crippen molar-refractivity contribution in [2.24, 2.45) is 11.8 Å². The maximum Gasteiger partial charge on any atom is 0.150 e. The Morgan fingerprint density at radius 1 is 1.35 bits per heavy atom. The average molecular weight is 232 g/mol. The fraction of sp³-hybridized carbons (Fsp3) is 0.692. The van der Waals surface area contributed by atoms with E-state index in [4.69, 9.17) is 0 Å². The first-order chi connectivity index (χ1) is 8.31. The quantitative estimate of drug-likeness (QED) is 0.832. The molecule has 2 aliphatic rings. The van der Waals surface area contributed by atoms with Crippen LogP contribution < -0.4 is 10.2 Å². The molecule has 17 heavy (non-hydrogen) atoms. The lowest BCUT2D eigenvalue weighted by molar-refractivity contribution is 0.441. The smallest absolute Gasteiger partial charge is 0.150 e. The number of nitrogens with one attached hydrogen (secondary N) is 1. The SMILES string of the molecule is CCC1C2CNCC2CN1c1nccnc1C. The van der Waals surface area contributed by atoms with Gasteiger partial charge < -0.3 is 10.2 Å². The van der Waals surface area contributed by atoms with Crippen LogP contribution >= 0.6 is 0 Å². The van der Waals surface area contributed by atoms with Gasteiger partial charge in [-0.15, -0.1) is 0 Å². The zero-order chi connectivity index (χ0) is 11.8.